The summed E-state index contributed by atoms with van der Waals surface area (Å²) in [6.07, 6.45) is 8.90. The lowest BCUT2D eigenvalue weighted by molar-refractivity contribution is -0.184. The van der Waals surface area contributed by atoms with Crippen molar-refractivity contribution in [2.24, 2.45) is 10.8 Å². The molecule has 1 aromatic heterocycles. The van der Waals surface area contributed by atoms with Gasteiger partial charge in [-0.05, 0) is 25.0 Å². The van der Waals surface area contributed by atoms with Gasteiger partial charge in [-0.2, -0.15) is 0 Å². The van der Waals surface area contributed by atoms with E-state index in [2.05, 4.69) is 44.0 Å². The van der Waals surface area contributed by atoms with Gasteiger partial charge in [-0.15, -0.1) is 0 Å². The molecule has 140 valence electrons. The molecule has 2 saturated carbocycles. The summed E-state index contributed by atoms with van der Waals surface area (Å²) in [5.41, 5.74) is 0.182. The normalized spacial score (nSPS) is 40.8. The van der Waals surface area contributed by atoms with Crippen LogP contribution in [-0.2, 0) is 0 Å². The van der Waals surface area contributed by atoms with Crippen LogP contribution < -0.4 is 11.4 Å². The van der Waals surface area contributed by atoms with Crippen molar-refractivity contribution >= 4 is 31.9 Å². The second-order valence-corrected chi connectivity index (χ2v) is 10.3. The first kappa shape index (κ1) is 16.6. The predicted octanol–water partition coefficient (Wildman–Crippen LogP) is 3.55. The quantitative estimate of drug-likeness (QED) is 0.451. The zero-order valence-electron chi connectivity index (χ0n) is 14.6. The summed E-state index contributed by atoms with van der Waals surface area (Å²) in [7, 11) is 0. The maximum atomic E-state index is 13.4. The van der Waals surface area contributed by atoms with Gasteiger partial charge in [-0.3, -0.25) is 0 Å². The van der Waals surface area contributed by atoms with Crippen molar-refractivity contribution in [1.82, 2.24) is 13.9 Å². The van der Waals surface area contributed by atoms with Crippen LogP contribution in [0.2, 0.25) is 0 Å². The molecule has 2 aromatic rings. The Morgan fingerprint density at radius 1 is 0.815 bits per heavy atom. The second kappa shape index (κ2) is 5.17. The minimum atomic E-state index is -0.225. The SMILES string of the molecule is O=c1n(-c2ccccc2)c(=O)n2n1[C@H]1C=C[C@H]2[C@]23CCCC[C@]12[C@H](Br)[C@H]3Br. The molecule has 0 radical (unpaired) electrons. The maximum absolute atomic E-state index is 13.4. The van der Waals surface area contributed by atoms with Crippen molar-refractivity contribution in [3.8, 4) is 5.69 Å². The summed E-state index contributed by atoms with van der Waals surface area (Å²) in [5, 5.41) is 0. The fraction of sp³-hybridized carbons (Fsp3) is 0.500. The first-order valence-electron chi connectivity index (χ1n) is 9.53. The number of nitrogens with zero attached hydrogens (tertiary/aromatic N) is 3. The molecule has 5 aliphatic rings. The van der Waals surface area contributed by atoms with Crippen LogP contribution in [-0.4, -0.2) is 23.6 Å². The van der Waals surface area contributed by atoms with Gasteiger partial charge in [0, 0.05) is 20.5 Å². The van der Waals surface area contributed by atoms with Gasteiger partial charge in [-0.25, -0.2) is 23.5 Å². The lowest BCUT2D eigenvalue weighted by Crippen LogP contribution is -2.78. The summed E-state index contributed by atoms with van der Waals surface area (Å²) in [6.45, 7) is 0. The van der Waals surface area contributed by atoms with E-state index in [0.29, 0.717) is 15.3 Å². The van der Waals surface area contributed by atoms with Gasteiger partial charge in [-0.1, -0.05) is 75.1 Å². The van der Waals surface area contributed by atoms with Gasteiger partial charge in [0.05, 0.1) is 17.8 Å². The number of rotatable bonds is 1. The number of benzene rings is 1. The van der Waals surface area contributed by atoms with Gasteiger partial charge in [0.1, 0.15) is 0 Å². The molecule has 2 aliphatic heterocycles. The number of para-hydroxylation sites is 1. The average Bonchev–Trinajstić information content (AvgIpc) is 2.99. The zero-order chi connectivity index (χ0) is 18.6. The van der Waals surface area contributed by atoms with Crippen LogP contribution >= 0.6 is 31.9 Å². The maximum Gasteiger partial charge on any atom is 0.352 e. The van der Waals surface area contributed by atoms with Crippen molar-refractivity contribution < 1.29 is 0 Å². The van der Waals surface area contributed by atoms with Crippen LogP contribution in [0.5, 0.6) is 0 Å². The van der Waals surface area contributed by atoms with Crippen molar-refractivity contribution in [3.63, 3.8) is 0 Å². The molecular weight excluding hydrogens is 474 g/mol. The van der Waals surface area contributed by atoms with Crippen LogP contribution in [0.1, 0.15) is 37.8 Å². The van der Waals surface area contributed by atoms with Gasteiger partial charge in [0.15, 0.2) is 0 Å². The summed E-state index contributed by atoms with van der Waals surface area (Å²) in [6, 6.07) is 9.11. The highest BCUT2D eigenvalue weighted by Gasteiger charge is 2.79. The zero-order valence-corrected chi connectivity index (χ0v) is 17.8. The van der Waals surface area contributed by atoms with Crippen LogP contribution in [0.15, 0.2) is 52.1 Å². The van der Waals surface area contributed by atoms with Crippen molar-refractivity contribution in [2.75, 3.05) is 0 Å². The highest BCUT2D eigenvalue weighted by molar-refractivity contribution is 9.12. The second-order valence-electron chi connectivity index (χ2n) is 8.29. The number of hydrogen-bond acceptors (Lipinski definition) is 2. The molecule has 3 aliphatic carbocycles. The van der Waals surface area contributed by atoms with Gasteiger partial charge >= 0.3 is 11.4 Å². The van der Waals surface area contributed by atoms with Crippen molar-refractivity contribution in [1.29, 1.82) is 0 Å². The fourth-order valence-electron chi connectivity index (χ4n) is 6.62. The molecule has 1 aromatic carbocycles. The van der Waals surface area contributed by atoms with E-state index in [4.69, 9.17) is 0 Å². The van der Waals surface area contributed by atoms with Gasteiger partial charge in [0.25, 0.3) is 0 Å². The van der Waals surface area contributed by atoms with Crippen molar-refractivity contribution in [2.45, 2.75) is 47.4 Å². The molecule has 6 atom stereocenters. The largest absolute Gasteiger partial charge is 0.352 e. The number of alkyl halides is 2. The molecule has 2 bridgehead atoms. The monoisotopic (exact) mass is 491 g/mol. The summed E-state index contributed by atoms with van der Waals surface area (Å²) in [5.74, 6) is 0. The first-order chi connectivity index (χ1) is 13.1. The van der Waals surface area contributed by atoms with Crippen LogP contribution in [0, 0.1) is 10.8 Å². The molecule has 0 amide bonds. The van der Waals surface area contributed by atoms with Crippen LogP contribution in [0.25, 0.3) is 5.69 Å². The Morgan fingerprint density at radius 2 is 1.30 bits per heavy atom. The lowest BCUT2D eigenvalue weighted by Gasteiger charge is -2.76. The Morgan fingerprint density at radius 3 is 1.78 bits per heavy atom. The topological polar surface area (TPSA) is 48.9 Å². The third-order valence-electron chi connectivity index (χ3n) is 7.62. The number of aromatic nitrogens is 3. The fourth-order valence-corrected chi connectivity index (χ4v) is 9.41. The molecule has 3 heterocycles. The van der Waals surface area contributed by atoms with E-state index in [1.54, 1.807) is 9.36 Å². The molecule has 2 fully saturated rings. The number of allylic oxidation sites excluding steroid dienone is 2. The smallest absolute Gasteiger partial charge is 0.245 e. The Kier molecular flexibility index (Phi) is 3.18. The van der Waals surface area contributed by atoms with Crippen LogP contribution in [0.4, 0.5) is 0 Å². The lowest BCUT2D eigenvalue weighted by atomic mass is 9.37. The molecule has 0 spiro atoms. The van der Waals surface area contributed by atoms with E-state index >= 15 is 0 Å². The Labute approximate surface area is 172 Å². The molecule has 0 N–H and O–H groups in total. The average molecular weight is 493 g/mol. The number of hydrogen-bond donors (Lipinski definition) is 0. The third-order valence-corrected chi connectivity index (χ3v) is 11.0. The van der Waals surface area contributed by atoms with E-state index < -0.39 is 0 Å². The van der Waals surface area contributed by atoms with E-state index in [9.17, 15) is 9.59 Å². The van der Waals surface area contributed by atoms with E-state index in [1.165, 1.54) is 17.4 Å². The summed E-state index contributed by atoms with van der Waals surface area (Å²) in [4.78, 5) is 27.4. The molecule has 27 heavy (non-hydrogen) atoms. The first-order valence-corrected chi connectivity index (χ1v) is 11.4. The Balaban J connectivity index is 1.68. The molecule has 5 nitrogen and oxygen atoms in total. The van der Waals surface area contributed by atoms with Gasteiger partial charge < -0.3 is 0 Å². The highest BCUT2D eigenvalue weighted by atomic mass is 79.9. The third kappa shape index (κ3) is 1.58. The summed E-state index contributed by atoms with van der Waals surface area (Å²) >= 11 is 7.91. The molecule has 0 unspecified atom stereocenters. The van der Waals surface area contributed by atoms with E-state index in [0.717, 1.165) is 12.8 Å². The minimum Gasteiger partial charge on any atom is -0.245 e. The molecule has 7 rings (SSSR count). The summed E-state index contributed by atoms with van der Waals surface area (Å²) < 4.78 is 4.83. The predicted molar refractivity (Wildman–Crippen MR) is 110 cm³/mol. The Hall–Kier alpha value is -1.34. The molecule has 7 heteroatoms. The molecular formula is C20H19Br2N3O2. The van der Waals surface area contributed by atoms with Crippen LogP contribution in [0.3, 0.4) is 0 Å². The van der Waals surface area contributed by atoms with E-state index in [-0.39, 0.29) is 34.3 Å². The van der Waals surface area contributed by atoms with Crippen molar-refractivity contribution in [3.05, 3.63) is 63.5 Å². The van der Waals surface area contributed by atoms with E-state index in [1.807, 2.05) is 30.3 Å². The Bertz CT molecular complexity index is 1040. The minimum absolute atomic E-state index is 0.00201. The highest BCUT2D eigenvalue weighted by Crippen LogP contribution is 2.79. The molecule has 0 saturated heterocycles. The standard InChI is InChI=1S/C20H19Br2N3O2/c21-15-16(22)20-11-5-4-10-19(15,20)13-8-9-14(20)25-18(27)23(17(26)24(13)25)12-6-2-1-3-7-12/h1-3,6-9,13-16H,4-5,10-11H2/t13-,14-,15+,16+,19-,20+/m0/s1. The van der Waals surface area contributed by atoms with Gasteiger partial charge in [0.2, 0.25) is 0 Å². The number of halogens is 2.